The topological polar surface area (TPSA) is 60.2 Å². The Morgan fingerprint density at radius 3 is 2.77 bits per heavy atom. The monoisotopic (exact) mass is 294 g/mol. The van der Waals surface area contributed by atoms with Crippen LogP contribution in [0.1, 0.15) is 24.3 Å². The fourth-order valence-electron chi connectivity index (χ4n) is 4.21. The summed E-state index contributed by atoms with van der Waals surface area (Å²) in [5.41, 5.74) is 10.3. The molecule has 0 aliphatic carbocycles. The van der Waals surface area contributed by atoms with Crippen molar-refractivity contribution in [2.24, 2.45) is 7.05 Å². The molecule has 2 N–H and O–H groups in total. The summed E-state index contributed by atoms with van der Waals surface area (Å²) in [5, 5.41) is 5.40. The summed E-state index contributed by atoms with van der Waals surface area (Å²) in [4.78, 5) is 2.53. The van der Waals surface area contributed by atoms with Crippen LogP contribution in [-0.2, 0) is 7.05 Å². The molecule has 3 aliphatic heterocycles. The highest BCUT2D eigenvalue weighted by molar-refractivity contribution is 5.94. The van der Waals surface area contributed by atoms with Gasteiger partial charge < -0.3 is 19.7 Å². The van der Waals surface area contributed by atoms with Crippen molar-refractivity contribution in [3.63, 3.8) is 0 Å². The van der Waals surface area contributed by atoms with Gasteiger partial charge >= 0.3 is 0 Å². The fourth-order valence-corrected chi connectivity index (χ4v) is 4.21. The minimum atomic E-state index is 0.357. The first-order valence-corrected chi connectivity index (χ1v) is 7.82. The van der Waals surface area contributed by atoms with E-state index in [1.54, 1.807) is 6.07 Å². The third kappa shape index (κ3) is 1.46. The van der Waals surface area contributed by atoms with Crippen LogP contribution in [-0.4, -0.2) is 22.8 Å². The molecule has 5 nitrogen and oxygen atoms in total. The molecule has 1 aromatic carbocycles. The molecule has 0 radical (unpaired) electrons. The van der Waals surface area contributed by atoms with Crippen LogP contribution in [0.25, 0.3) is 22.2 Å². The summed E-state index contributed by atoms with van der Waals surface area (Å²) < 4.78 is 7.36. The second-order valence-corrected chi connectivity index (χ2v) is 6.40. The van der Waals surface area contributed by atoms with E-state index in [2.05, 4.69) is 39.9 Å². The maximum Gasteiger partial charge on any atom is 0.222 e. The van der Waals surface area contributed by atoms with Gasteiger partial charge in [0.05, 0.1) is 0 Å². The number of hydrogen-bond donors (Lipinski definition) is 1. The Labute approximate surface area is 128 Å². The van der Waals surface area contributed by atoms with Crippen LogP contribution in [0.5, 0.6) is 0 Å². The lowest BCUT2D eigenvalue weighted by Crippen LogP contribution is -2.39. The number of fused-ring (bicyclic) bond motifs is 3. The molecule has 1 fully saturated rings. The van der Waals surface area contributed by atoms with Crippen molar-refractivity contribution < 1.29 is 4.52 Å². The molecule has 5 heteroatoms. The average Bonchev–Trinajstić information content (AvgIpc) is 3.12. The van der Waals surface area contributed by atoms with Crippen molar-refractivity contribution in [2.45, 2.75) is 18.8 Å². The predicted molar refractivity (Wildman–Crippen MR) is 87.0 cm³/mol. The zero-order valence-corrected chi connectivity index (χ0v) is 12.5. The molecule has 3 aliphatic rings. The Morgan fingerprint density at radius 2 is 2.05 bits per heavy atom. The van der Waals surface area contributed by atoms with E-state index in [-0.39, 0.29) is 0 Å². The van der Waals surface area contributed by atoms with Gasteiger partial charge in [-0.25, -0.2) is 0 Å². The van der Waals surface area contributed by atoms with E-state index in [1.165, 1.54) is 48.2 Å². The lowest BCUT2D eigenvalue weighted by Gasteiger charge is -2.41. The normalized spacial score (nSPS) is 17.4. The van der Waals surface area contributed by atoms with Gasteiger partial charge in [0.1, 0.15) is 11.5 Å². The van der Waals surface area contributed by atoms with Crippen molar-refractivity contribution in [1.82, 2.24) is 9.72 Å². The number of nitrogen functional groups attached to an aromatic ring is 1. The second kappa shape index (κ2) is 4.06. The number of aryl methyl sites for hydroxylation is 1. The quantitative estimate of drug-likeness (QED) is 0.749. The van der Waals surface area contributed by atoms with E-state index >= 15 is 0 Å². The van der Waals surface area contributed by atoms with Crippen molar-refractivity contribution >= 4 is 22.6 Å². The first-order valence-electron chi connectivity index (χ1n) is 7.82. The van der Waals surface area contributed by atoms with Crippen LogP contribution >= 0.6 is 0 Å². The molecule has 0 saturated carbocycles. The summed E-state index contributed by atoms with van der Waals surface area (Å²) in [7, 11) is 2.18. The van der Waals surface area contributed by atoms with E-state index in [1.807, 2.05) is 0 Å². The predicted octanol–water partition coefficient (Wildman–Crippen LogP) is 3.11. The highest BCUT2D eigenvalue weighted by Gasteiger charge is 2.35. The van der Waals surface area contributed by atoms with Crippen LogP contribution in [0.15, 0.2) is 28.8 Å². The van der Waals surface area contributed by atoms with Gasteiger partial charge in [0.25, 0.3) is 0 Å². The SMILES string of the molecule is Cn1c2c(c3cc(-c4cc(N)on4)ccc31)C1CCN2CC1. The average molecular weight is 294 g/mol. The van der Waals surface area contributed by atoms with E-state index in [0.29, 0.717) is 11.8 Å². The number of aromatic nitrogens is 2. The van der Waals surface area contributed by atoms with Gasteiger partial charge in [-0.3, -0.25) is 0 Å². The Balaban J connectivity index is 1.78. The molecule has 22 heavy (non-hydrogen) atoms. The van der Waals surface area contributed by atoms with Crippen LogP contribution in [0, 0.1) is 0 Å². The number of nitrogens with zero attached hydrogens (tertiary/aromatic N) is 3. The summed E-state index contributed by atoms with van der Waals surface area (Å²) in [6, 6.07) is 8.32. The summed E-state index contributed by atoms with van der Waals surface area (Å²) in [6.45, 7) is 2.38. The second-order valence-electron chi connectivity index (χ2n) is 6.40. The van der Waals surface area contributed by atoms with Crippen molar-refractivity contribution in [2.75, 3.05) is 23.7 Å². The van der Waals surface area contributed by atoms with Gasteiger partial charge in [-0.2, -0.15) is 0 Å². The maximum atomic E-state index is 5.65. The fraction of sp³-hybridized carbons (Fsp3) is 0.353. The van der Waals surface area contributed by atoms with Crippen LogP contribution in [0.3, 0.4) is 0 Å². The Morgan fingerprint density at radius 1 is 1.23 bits per heavy atom. The third-order valence-electron chi connectivity index (χ3n) is 5.23. The van der Waals surface area contributed by atoms with Crippen molar-refractivity contribution in [3.8, 4) is 11.3 Å². The molecule has 2 bridgehead atoms. The number of hydrogen-bond acceptors (Lipinski definition) is 4. The molecule has 2 aromatic heterocycles. The van der Waals surface area contributed by atoms with Gasteiger partial charge in [-0.15, -0.1) is 0 Å². The summed E-state index contributed by atoms with van der Waals surface area (Å²) in [6.07, 6.45) is 2.54. The zero-order chi connectivity index (χ0) is 14.8. The van der Waals surface area contributed by atoms with Crippen LogP contribution in [0.4, 0.5) is 11.7 Å². The number of piperidine rings is 1. The zero-order valence-electron chi connectivity index (χ0n) is 12.5. The molecule has 112 valence electrons. The van der Waals surface area contributed by atoms with Gasteiger partial charge in [0.2, 0.25) is 5.88 Å². The molecule has 0 spiro atoms. The Kier molecular flexibility index (Phi) is 2.24. The molecule has 3 aromatic rings. The minimum absolute atomic E-state index is 0.357. The van der Waals surface area contributed by atoms with E-state index in [9.17, 15) is 0 Å². The maximum absolute atomic E-state index is 5.65. The first kappa shape index (κ1) is 12.1. The molecule has 0 amide bonds. The molecule has 0 atom stereocenters. The molecular formula is C17H18N4O. The van der Waals surface area contributed by atoms with Gasteiger partial charge in [-0.1, -0.05) is 11.2 Å². The number of anilines is 2. The smallest absolute Gasteiger partial charge is 0.222 e. The van der Waals surface area contributed by atoms with Crippen molar-refractivity contribution in [1.29, 1.82) is 0 Å². The lowest BCUT2D eigenvalue weighted by atomic mass is 9.84. The molecule has 5 heterocycles. The Hall–Kier alpha value is -2.43. The first-order chi connectivity index (χ1) is 10.7. The van der Waals surface area contributed by atoms with Crippen LogP contribution < -0.4 is 10.6 Å². The number of rotatable bonds is 1. The molecular weight excluding hydrogens is 276 g/mol. The van der Waals surface area contributed by atoms with Gasteiger partial charge in [0.15, 0.2) is 0 Å². The van der Waals surface area contributed by atoms with Crippen LogP contribution in [0.2, 0.25) is 0 Å². The largest absolute Gasteiger partial charge is 0.368 e. The van der Waals surface area contributed by atoms with Gasteiger partial charge in [-0.05, 0) is 30.9 Å². The minimum Gasteiger partial charge on any atom is -0.368 e. The van der Waals surface area contributed by atoms with Crippen molar-refractivity contribution in [3.05, 3.63) is 29.8 Å². The highest BCUT2D eigenvalue weighted by atomic mass is 16.5. The standard InChI is InChI=1S/C17H18N4O/c1-20-14-3-2-11(13-9-15(18)22-19-13)8-12(14)16-10-4-6-21(7-5-10)17(16)20/h2-3,8-10H,4-7,18H2,1H3. The van der Waals surface area contributed by atoms with E-state index in [0.717, 1.165) is 11.3 Å². The Bertz CT molecular complexity index is 884. The van der Waals surface area contributed by atoms with E-state index < -0.39 is 0 Å². The summed E-state index contributed by atoms with van der Waals surface area (Å²) in [5.74, 6) is 2.46. The summed E-state index contributed by atoms with van der Waals surface area (Å²) >= 11 is 0. The van der Waals surface area contributed by atoms with Gasteiger partial charge in [0, 0.05) is 48.2 Å². The molecule has 6 rings (SSSR count). The van der Waals surface area contributed by atoms with E-state index in [4.69, 9.17) is 10.3 Å². The lowest BCUT2D eigenvalue weighted by molar-refractivity contribution is 0.439. The highest BCUT2D eigenvalue weighted by Crippen LogP contribution is 2.47. The third-order valence-corrected chi connectivity index (χ3v) is 5.23. The number of nitrogens with two attached hydrogens (primary N) is 1. The molecule has 1 saturated heterocycles. The number of benzene rings is 1. The molecule has 0 unspecified atom stereocenters.